The van der Waals surface area contributed by atoms with Crippen molar-refractivity contribution in [1.82, 2.24) is 10.1 Å². The Kier molecular flexibility index (Phi) is 3.44. The summed E-state index contributed by atoms with van der Waals surface area (Å²) in [5.74, 6) is -2.07. The molecule has 1 aromatic rings. The molecule has 0 saturated heterocycles. The summed E-state index contributed by atoms with van der Waals surface area (Å²) in [6.07, 6.45) is 3.18. The molecule has 106 valence electrons. The molecule has 2 N–H and O–H groups in total. The predicted octanol–water partition coefficient (Wildman–Crippen LogP) is 1.32. The maximum Gasteiger partial charge on any atom is 0.331 e. The lowest BCUT2D eigenvalue weighted by Crippen LogP contribution is -2.37. The summed E-state index contributed by atoms with van der Waals surface area (Å²) in [5, 5.41) is 22.3. The van der Waals surface area contributed by atoms with Crippen LogP contribution in [0.1, 0.15) is 32.0 Å². The minimum atomic E-state index is -1.62. The van der Waals surface area contributed by atoms with Gasteiger partial charge in [-0.25, -0.2) is 4.79 Å². The summed E-state index contributed by atoms with van der Waals surface area (Å²) in [4.78, 5) is 26.9. The Balaban J connectivity index is 2.55. The van der Waals surface area contributed by atoms with Crippen LogP contribution in [0.4, 0.5) is 0 Å². The number of carbonyl (C=O) groups is 2. The molecule has 2 rings (SSSR count). The van der Waals surface area contributed by atoms with Gasteiger partial charge < -0.3 is 14.7 Å². The third-order valence-electron chi connectivity index (χ3n) is 3.17. The largest absolute Gasteiger partial charge is 0.480 e. The first-order chi connectivity index (χ1) is 9.39. The Morgan fingerprint density at radius 3 is 2.65 bits per heavy atom. The standard InChI is InChI=1S/C13H14N2O5/c1-3-9-14-11(20-15-9)13(12(18)19)5-7(2)4-8(6-13)10(16)17/h4-5H,3,6H2,1-2H3,(H,16,17)(H,18,19). The van der Waals surface area contributed by atoms with Crippen molar-refractivity contribution in [2.75, 3.05) is 0 Å². The second-order valence-electron chi connectivity index (χ2n) is 4.69. The Morgan fingerprint density at radius 2 is 2.15 bits per heavy atom. The van der Waals surface area contributed by atoms with E-state index in [1.165, 1.54) is 12.2 Å². The molecule has 0 aliphatic heterocycles. The fourth-order valence-corrected chi connectivity index (χ4v) is 2.19. The van der Waals surface area contributed by atoms with Crippen LogP contribution >= 0.6 is 0 Å². The first kappa shape index (κ1) is 14.0. The summed E-state index contributed by atoms with van der Waals surface area (Å²) in [6, 6.07) is 0. The Labute approximate surface area is 114 Å². The molecule has 0 bridgehead atoms. The maximum atomic E-state index is 11.7. The van der Waals surface area contributed by atoms with Gasteiger partial charge in [0.25, 0.3) is 0 Å². The summed E-state index contributed by atoms with van der Waals surface area (Å²) in [5.41, 5.74) is -1.08. The van der Waals surface area contributed by atoms with Crippen molar-refractivity contribution in [3.8, 4) is 0 Å². The first-order valence-corrected chi connectivity index (χ1v) is 6.09. The van der Waals surface area contributed by atoms with Gasteiger partial charge in [-0.1, -0.05) is 23.7 Å². The number of aryl methyl sites for hydroxylation is 1. The van der Waals surface area contributed by atoms with Crippen LogP contribution in [0.3, 0.4) is 0 Å². The lowest BCUT2D eigenvalue weighted by Gasteiger charge is -2.26. The molecule has 1 unspecified atom stereocenters. The molecule has 0 saturated carbocycles. The number of carboxylic acids is 2. The van der Waals surface area contributed by atoms with Gasteiger partial charge in [-0.3, -0.25) is 4.79 Å². The zero-order valence-corrected chi connectivity index (χ0v) is 11.1. The van der Waals surface area contributed by atoms with E-state index in [1.54, 1.807) is 6.92 Å². The molecule has 0 fully saturated rings. The van der Waals surface area contributed by atoms with Gasteiger partial charge in [0.1, 0.15) is 0 Å². The number of nitrogens with zero attached hydrogens (tertiary/aromatic N) is 2. The molecule has 20 heavy (non-hydrogen) atoms. The topological polar surface area (TPSA) is 114 Å². The molecule has 1 heterocycles. The van der Waals surface area contributed by atoms with Gasteiger partial charge in [0.05, 0.1) is 0 Å². The van der Waals surface area contributed by atoms with Crippen molar-refractivity contribution < 1.29 is 24.3 Å². The number of allylic oxidation sites excluding steroid dienone is 2. The van der Waals surface area contributed by atoms with Gasteiger partial charge in [-0.2, -0.15) is 4.98 Å². The third-order valence-corrected chi connectivity index (χ3v) is 3.17. The first-order valence-electron chi connectivity index (χ1n) is 6.09. The van der Waals surface area contributed by atoms with Crippen molar-refractivity contribution >= 4 is 11.9 Å². The average Bonchev–Trinajstić information content (AvgIpc) is 2.86. The average molecular weight is 278 g/mol. The third kappa shape index (κ3) is 2.22. The Hall–Kier alpha value is -2.44. The number of aliphatic carboxylic acids is 2. The van der Waals surface area contributed by atoms with Crippen molar-refractivity contribution in [1.29, 1.82) is 0 Å². The highest BCUT2D eigenvalue weighted by Gasteiger charge is 2.47. The van der Waals surface area contributed by atoms with E-state index in [0.717, 1.165) is 0 Å². The molecule has 0 aromatic carbocycles. The minimum absolute atomic E-state index is 0.00338. The van der Waals surface area contributed by atoms with Crippen LogP contribution in [0.25, 0.3) is 0 Å². The molecule has 1 aromatic heterocycles. The molecule has 7 nitrogen and oxygen atoms in total. The van der Waals surface area contributed by atoms with E-state index in [4.69, 9.17) is 9.63 Å². The number of hydrogen-bond donors (Lipinski definition) is 2. The molecular formula is C13H14N2O5. The molecular weight excluding hydrogens is 264 g/mol. The van der Waals surface area contributed by atoms with Crippen molar-refractivity contribution in [3.63, 3.8) is 0 Å². The number of rotatable bonds is 4. The lowest BCUT2D eigenvalue weighted by atomic mass is 9.76. The van der Waals surface area contributed by atoms with Gasteiger partial charge in [0, 0.05) is 18.4 Å². The van der Waals surface area contributed by atoms with E-state index >= 15 is 0 Å². The van der Waals surface area contributed by atoms with Gasteiger partial charge in [0.15, 0.2) is 11.2 Å². The van der Waals surface area contributed by atoms with Crippen molar-refractivity contribution in [2.45, 2.75) is 32.1 Å². The number of aromatic nitrogens is 2. The molecule has 1 aliphatic rings. The van der Waals surface area contributed by atoms with E-state index in [1.807, 2.05) is 6.92 Å². The SMILES string of the molecule is CCc1noc(C2(C(=O)O)C=C(C)C=C(C(=O)O)C2)n1. The maximum absolute atomic E-state index is 11.7. The van der Waals surface area contributed by atoms with E-state index in [9.17, 15) is 14.7 Å². The summed E-state index contributed by atoms with van der Waals surface area (Å²) >= 11 is 0. The molecule has 1 atom stereocenters. The molecule has 0 radical (unpaired) electrons. The monoisotopic (exact) mass is 278 g/mol. The Bertz CT molecular complexity index is 628. The van der Waals surface area contributed by atoms with Gasteiger partial charge in [0.2, 0.25) is 5.89 Å². The molecule has 0 amide bonds. The quantitative estimate of drug-likeness (QED) is 0.853. The highest BCUT2D eigenvalue weighted by molar-refractivity contribution is 5.92. The van der Waals surface area contributed by atoms with Crippen LogP contribution < -0.4 is 0 Å². The highest BCUT2D eigenvalue weighted by Crippen LogP contribution is 2.37. The van der Waals surface area contributed by atoms with Crippen molar-refractivity contribution in [3.05, 3.63) is 35.0 Å². The van der Waals surface area contributed by atoms with Crippen LogP contribution in [0, 0.1) is 0 Å². The second-order valence-corrected chi connectivity index (χ2v) is 4.69. The summed E-state index contributed by atoms with van der Waals surface area (Å²) in [7, 11) is 0. The van der Waals surface area contributed by atoms with Gasteiger partial charge >= 0.3 is 11.9 Å². The van der Waals surface area contributed by atoms with E-state index in [2.05, 4.69) is 10.1 Å². The molecule has 7 heteroatoms. The smallest absolute Gasteiger partial charge is 0.331 e. The summed E-state index contributed by atoms with van der Waals surface area (Å²) in [6.45, 7) is 3.45. The van der Waals surface area contributed by atoms with Crippen LogP contribution in [0.15, 0.2) is 27.8 Å². The normalized spacial score (nSPS) is 22.1. The summed E-state index contributed by atoms with van der Waals surface area (Å²) < 4.78 is 5.03. The van der Waals surface area contributed by atoms with Gasteiger partial charge in [-0.05, 0) is 13.0 Å². The highest BCUT2D eigenvalue weighted by atomic mass is 16.5. The van der Waals surface area contributed by atoms with Crippen LogP contribution in [-0.2, 0) is 21.4 Å². The Morgan fingerprint density at radius 1 is 1.45 bits per heavy atom. The predicted molar refractivity (Wildman–Crippen MR) is 67.1 cm³/mol. The van der Waals surface area contributed by atoms with E-state index < -0.39 is 17.4 Å². The van der Waals surface area contributed by atoms with E-state index in [0.29, 0.717) is 17.8 Å². The fourth-order valence-electron chi connectivity index (χ4n) is 2.19. The molecule has 0 spiro atoms. The second kappa shape index (κ2) is 4.92. The number of carboxylic acid groups (broad SMARTS) is 2. The lowest BCUT2D eigenvalue weighted by molar-refractivity contribution is -0.143. The van der Waals surface area contributed by atoms with Crippen LogP contribution in [0.5, 0.6) is 0 Å². The van der Waals surface area contributed by atoms with Crippen LogP contribution in [0.2, 0.25) is 0 Å². The van der Waals surface area contributed by atoms with Gasteiger partial charge in [-0.15, -0.1) is 0 Å². The molecule has 1 aliphatic carbocycles. The van der Waals surface area contributed by atoms with Crippen LogP contribution in [-0.4, -0.2) is 32.3 Å². The fraction of sp³-hybridized carbons (Fsp3) is 0.385. The van der Waals surface area contributed by atoms with E-state index in [-0.39, 0.29) is 17.9 Å². The zero-order valence-electron chi connectivity index (χ0n) is 11.1. The number of hydrogen-bond acceptors (Lipinski definition) is 5. The zero-order chi connectivity index (χ0) is 14.9. The van der Waals surface area contributed by atoms with Crippen molar-refractivity contribution in [2.24, 2.45) is 0 Å². The minimum Gasteiger partial charge on any atom is -0.480 e.